The molecule has 3 aromatic heterocycles. The van der Waals surface area contributed by atoms with Crippen LogP contribution in [0.3, 0.4) is 0 Å². The number of anilines is 1. The second kappa shape index (κ2) is 8.54. The number of alkyl carbamates (subject to hydrolysis) is 1. The van der Waals surface area contributed by atoms with Gasteiger partial charge >= 0.3 is 6.09 Å². The maximum Gasteiger partial charge on any atom is 0.408 e. The number of ether oxygens (including phenoxy) is 1. The number of fused-ring (bicyclic) bond motifs is 1. The predicted octanol–water partition coefficient (Wildman–Crippen LogP) is 4.76. The monoisotopic (exact) mass is 434 g/mol. The summed E-state index contributed by atoms with van der Waals surface area (Å²) < 4.78 is 15.9. The zero-order chi connectivity index (χ0) is 22.7. The molecule has 2 N–H and O–H groups in total. The van der Waals surface area contributed by atoms with Gasteiger partial charge in [0.25, 0.3) is 5.91 Å². The third-order valence-corrected chi connectivity index (χ3v) is 4.36. The molecule has 0 aliphatic heterocycles. The number of nitrogens with one attached hydrogen (secondary N) is 2. The molecule has 0 saturated carbocycles. The van der Waals surface area contributed by atoms with Gasteiger partial charge in [-0.25, -0.2) is 4.79 Å². The fourth-order valence-corrected chi connectivity index (χ4v) is 2.95. The van der Waals surface area contributed by atoms with E-state index >= 15 is 0 Å². The Balaban J connectivity index is 1.37. The second-order valence-electron chi connectivity index (χ2n) is 8.10. The third-order valence-electron chi connectivity index (χ3n) is 4.36. The van der Waals surface area contributed by atoms with Gasteiger partial charge in [0, 0.05) is 23.2 Å². The van der Waals surface area contributed by atoms with Crippen molar-refractivity contribution in [1.82, 2.24) is 15.5 Å². The molecule has 2 amide bonds. The summed E-state index contributed by atoms with van der Waals surface area (Å²) in [6.07, 6.45) is 2.47. The molecule has 9 heteroatoms. The lowest BCUT2D eigenvalue weighted by atomic mass is 10.1. The van der Waals surface area contributed by atoms with Crippen LogP contribution in [0, 0.1) is 0 Å². The highest BCUT2D eigenvalue weighted by Crippen LogP contribution is 2.26. The Morgan fingerprint density at radius 1 is 1.12 bits per heavy atom. The number of carbonyl (C=O) groups excluding carboxylic acids is 2. The summed E-state index contributed by atoms with van der Waals surface area (Å²) in [4.78, 5) is 28.5. The highest BCUT2D eigenvalue weighted by Gasteiger charge is 2.17. The van der Waals surface area contributed by atoms with E-state index in [0.29, 0.717) is 11.5 Å². The second-order valence-corrected chi connectivity index (χ2v) is 8.10. The number of amides is 2. The van der Waals surface area contributed by atoms with E-state index in [1.807, 2.05) is 30.3 Å². The van der Waals surface area contributed by atoms with Crippen molar-refractivity contribution in [1.29, 1.82) is 0 Å². The van der Waals surface area contributed by atoms with Gasteiger partial charge in [-0.2, -0.15) is 0 Å². The van der Waals surface area contributed by atoms with Crippen molar-refractivity contribution in [2.45, 2.75) is 32.9 Å². The van der Waals surface area contributed by atoms with Crippen LogP contribution in [0.25, 0.3) is 22.2 Å². The molecule has 1 aromatic carbocycles. The van der Waals surface area contributed by atoms with Gasteiger partial charge in [-0.1, -0.05) is 11.2 Å². The average Bonchev–Trinajstić information content (AvgIpc) is 3.40. The van der Waals surface area contributed by atoms with Crippen molar-refractivity contribution in [3.8, 4) is 11.3 Å². The van der Waals surface area contributed by atoms with E-state index in [9.17, 15) is 9.59 Å². The minimum atomic E-state index is -0.599. The van der Waals surface area contributed by atoms with Gasteiger partial charge < -0.3 is 24.3 Å². The molecular formula is C23H22N4O5. The van der Waals surface area contributed by atoms with Crippen molar-refractivity contribution in [2.24, 2.45) is 0 Å². The van der Waals surface area contributed by atoms with Gasteiger partial charge in [-0.05, 0) is 51.1 Å². The van der Waals surface area contributed by atoms with Crippen LogP contribution in [0.2, 0.25) is 0 Å². The first-order valence-corrected chi connectivity index (χ1v) is 9.94. The maximum atomic E-state index is 12.5. The molecular weight excluding hydrogens is 412 g/mol. The van der Waals surface area contributed by atoms with Crippen LogP contribution in [-0.2, 0) is 11.3 Å². The van der Waals surface area contributed by atoms with E-state index in [0.717, 1.165) is 16.5 Å². The highest BCUT2D eigenvalue weighted by molar-refractivity contribution is 6.03. The summed E-state index contributed by atoms with van der Waals surface area (Å²) in [6.45, 7) is 5.41. The van der Waals surface area contributed by atoms with Gasteiger partial charge in [0.15, 0.2) is 11.6 Å². The Morgan fingerprint density at radius 2 is 1.97 bits per heavy atom. The number of furan rings is 1. The van der Waals surface area contributed by atoms with E-state index in [1.54, 1.807) is 33.0 Å². The smallest absolute Gasteiger partial charge is 0.408 e. The van der Waals surface area contributed by atoms with Gasteiger partial charge in [0.1, 0.15) is 17.6 Å². The molecule has 9 nitrogen and oxygen atoms in total. The molecule has 0 aliphatic rings. The standard InChI is InChI=1S/C23H22N4O5/c1-23(2,3)31-22(29)25-12-17-10-16(13-30-17)21(28)26-20-11-19(32-27-20)15-6-7-18-14(9-15)5-4-8-24-18/h4-11,13H,12H2,1-3H3,(H,25,29)(H,26,27,28). The van der Waals surface area contributed by atoms with Crippen molar-refractivity contribution in [3.05, 3.63) is 66.2 Å². The number of nitrogens with zero attached hydrogens (tertiary/aromatic N) is 2. The topological polar surface area (TPSA) is 119 Å². The summed E-state index contributed by atoms with van der Waals surface area (Å²) in [5, 5.41) is 10.1. The van der Waals surface area contributed by atoms with Crippen LogP contribution < -0.4 is 10.6 Å². The van der Waals surface area contributed by atoms with Gasteiger partial charge in [0.05, 0.1) is 17.6 Å². The summed E-state index contributed by atoms with van der Waals surface area (Å²) >= 11 is 0. The Labute approximate surface area is 183 Å². The largest absolute Gasteiger partial charge is 0.467 e. The van der Waals surface area contributed by atoms with Crippen LogP contribution >= 0.6 is 0 Å². The Kier molecular flexibility index (Phi) is 5.63. The number of benzene rings is 1. The maximum absolute atomic E-state index is 12.5. The highest BCUT2D eigenvalue weighted by atomic mass is 16.6. The van der Waals surface area contributed by atoms with E-state index in [-0.39, 0.29) is 17.9 Å². The van der Waals surface area contributed by atoms with Gasteiger partial charge in [-0.3, -0.25) is 9.78 Å². The first-order valence-electron chi connectivity index (χ1n) is 9.94. The third kappa shape index (κ3) is 5.12. The molecule has 0 bridgehead atoms. The lowest BCUT2D eigenvalue weighted by Crippen LogP contribution is -2.32. The van der Waals surface area contributed by atoms with E-state index < -0.39 is 17.6 Å². The molecule has 0 radical (unpaired) electrons. The molecule has 0 fully saturated rings. The Bertz CT molecular complexity index is 1270. The normalized spacial score (nSPS) is 11.3. The van der Waals surface area contributed by atoms with Crippen LogP contribution in [0.5, 0.6) is 0 Å². The van der Waals surface area contributed by atoms with Crippen LogP contribution in [-0.4, -0.2) is 27.7 Å². The SMILES string of the molecule is CC(C)(C)OC(=O)NCc1cc(C(=O)Nc2cc(-c3ccc4ncccc4c3)on2)co1. The van der Waals surface area contributed by atoms with Crippen molar-refractivity contribution < 1.29 is 23.3 Å². The summed E-state index contributed by atoms with van der Waals surface area (Å²) in [5.74, 6) is 0.776. The van der Waals surface area contributed by atoms with Crippen molar-refractivity contribution >= 4 is 28.7 Å². The van der Waals surface area contributed by atoms with E-state index in [4.69, 9.17) is 13.7 Å². The lowest BCUT2D eigenvalue weighted by molar-refractivity contribution is 0.0519. The first kappa shape index (κ1) is 21.1. The van der Waals surface area contributed by atoms with E-state index in [2.05, 4.69) is 20.8 Å². The summed E-state index contributed by atoms with van der Waals surface area (Å²) in [5.41, 5.74) is 1.38. The van der Waals surface area contributed by atoms with Crippen molar-refractivity contribution in [3.63, 3.8) is 0 Å². The number of hydrogen-bond donors (Lipinski definition) is 2. The Hall–Kier alpha value is -4.14. The molecule has 0 aliphatic carbocycles. The molecule has 4 rings (SSSR count). The number of carbonyl (C=O) groups is 2. The Morgan fingerprint density at radius 3 is 2.78 bits per heavy atom. The molecule has 3 heterocycles. The molecule has 32 heavy (non-hydrogen) atoms. The quantitative estimate of drug-likeness (QED) is 0.465. The molecule has 0 spiro atoms. The predicted molar refractivity (Wildman–Crippen MR) is 117 cm³/mol. The number of rotatable bonds is 5. The summed E-state index contributed by atoms with van der Waals surface area (Å²) in [7, 11) is 0. The van der Waals surface area contributed by atoms with Crippen LogP contribution in [0.4, 0.5) is 10.6 Å². The van der Waals surface area contributed by atoms with Crippen molar-refractivity contribution in [2.75, 3.05) is 5.32 Å². The molecule has 0 saturated heterocycles. The summed E-state index contributed by atoms with van der Waals surface area (Å²) in [6, 6.07) is 12.7. The fourth-order valence-electron chi connectivity index (χ4n) is 2.95. The number of aromatic nitrogens is 2. The average molecular weight is 434 g/mol. The zero-order valence-corrected chi connectivity index (χ0v) is 17.8. The van der Waals surface area contributed by atoms with Crippen LogP contribution in [0.1, 0.15) is 36.9 Å². The first-order chi connectivity index (χ1) is 15.3. The molecule has 0 unspecified atom stereocenters. The molecule has 0 atom stereocenters. The fraction of sp³-hybridized carbons (Fsp3) is 0.217. The number of pyridine rings is 1. The number of hydrogen-bond acceptors (Lipinski definition) is 7. The van der Waals surface area contributed by atoms with Crippen LogP contribution in [0.15, 0.2) is 63.9 Å². The van der Waals surface area contributed by atoms with Gasteiger partial charge in [0.2, 0.25) is 0 Å². The van der Waals surface area contributed by atoms with E-state index in [1.165, 1.54) is 12.3 Å². The minimum absolute atomic E-state index is 0.0904. The zero-order valence-electron chi connectivity index (χ0n) is 17.8. The van der Waals surface area contributed by atoms with Gasteiger partial charge in [-0.15, -0.1) is 0 Å². The minimum Gasteiger partial charge on any atom is -0.467 e. The molecule has 164 valence electrons. The molecule has 4 aromatic rings. The lowest BCUT2D eigenvalue weighted by Gasteiger charge is -2.19.